The largest absolute Gasteiger partial charge is 0.416 e. The van der Waals surface area contributed by atoms with Crippen molar-refractivity contribution in [3.05, 3.63) is 51.3 Å². The third kappa shape index (κ3) is 3.82. The van der Waals surface area contributed by atoms with Crippen LogP contribution in [0.1, 0.15) is 16.8 Å². The molecule has 0 saturated carbocycles. The van der Waals surface area contributed by atoms with Gasteiger partial charge in [-0.1, -0.05) is 17.8 Å². The number of alkyl halides is 3. The van der Waals surface area contributed by atoms with Crippen LogP contribution in [0.4, 0.5) is 18.9 Å². The molecule has 2 aromatic rings. The molecular weight excluding hydrogens is 335 g/mol. The molecule has 0 fully saturated rings. The number of imidazole rings is 1. The highest BCUT2D eigenvalue weighted by atomic mass is 32.2. The molecule has 0 saturated heterocycles. The monoisotopic (exact) mass is 347 g/mol. The molecule has 0 amide bonds. The number of aromatic nitrogens is 2. The van der Waals surface area contributed by atoms with Gasteiger partial charge in [0, 0.05) is 24.9 Å². The Labute approximate surface area is 133 Å². The van der Waals surface area contributed by atoms with Gasteiger partial charge in [-0.3, -0.25) is 10.1 Å². The molecule has 0 atom stereocenters. The highest BCUT2D eigenvalue weighted by molar-refractivity contribution is 7.98. The first-order valence-corrected chi connectivity index (χ1v) is 7.31. The maximum absolute atomic E-state index is 13.1. The van der Waals surface area contributed by atoms with Crippen molar-refractivity contribution in [2.45, 2.75) is 23.7 Å². The summed E-state index contributed by atoms with van der Waals surface area (Å²) in [7, 11) is 1.64. The summed E-state index contributed by atoms with van der Waals surface area (Å²) in [5, 5.41) is 20.2. The van der Waals surface area contributed by atoms with Crippen LogP contribution in [0.5, 0.6) is 0 Å². The Morgan fingerprint density at radius 2 is 2.13 bits per heavy atom. The number of non-ortho nitro benzene ring substituents is 1. The Balaban J connectivity index is 2.28. The third-order valence-electron chi connectivity index (χ3n) is 3.17. The van der Waals surface area contributed by atoms with Crippen molar-refractivity contribution in [3.8, 4) is 0 Å². The summed E-state index contributed by atoms with van der Waals surface area (Å²) in [6, 6.07) is 2.68. The highest BCUT2D eigenvalue weighted by Gasteiger charge is 2.35. The van der Waals surface area contributed by atoms with Gasteiger partial charge in [-0.05, 0) is 5.56 Å². The second kappa shape index (κ2) is 6.59. The van der Waals surface area contributed by atoms with Gasteiger partial charge in [-0.2, -0.15) is 13.2 Å². The molecule has 0 spiro atoms. The first kappa shape index (κ1) is 17.3. The topological polar surface area (TPSA) is 81.2 Å². The van der Waals surface area contributed by atoms with Crippen LogP contribution in [-0.2, 0) is 25.6 Å². The summed E-state index contributed by atoms with van der Waals surface area (Å²) in [4.78, 5) is 13.8. The summed E-state index contributed by atoms with van der Waals surface area (Å²) in [5.41, 5.74) is -1.17. The van der Waals surface area contributed by atoms with E-state index < -0.39 is 22.4 Å². The van der Waals surface area contributed by atoms with Crippen LogP contribution in [0.3, 0.4) is 0 Å². The van der Waals surface area contributed by atoms with Gasteiger partial charge in [-0.15, -0.1) is 0 Å². The third-order valence-corrected chi connectivity index (χ3v) is 4.26. The van der Waals surface area contributed by atoms with Crippen molar-refractivity contribution in [3.63, 3.8) is 0 Å². The Hall–Kier alpha value is -2.07. The zero-order chi connectivity index (χ0) is 17.2. The molecule has 1 heterocycles. The number of halogens is 3. The van der Waals surface area contributed by atoms with E-state index in [-0.39, 0.29) is 17.9 Å². The van der Waals surface area contributed by atoms with Crippen LogP contribution in [0.2, 0.25) is 0 Å². The number of thioether (sulfide) groups is 1. The molecule has 124 valence electrons. The smallest absolute Gasteiger partial charge is 0.390 e. The summed E-state index contributed by atoms with van der Waals surface area (Å²) >= 11 is 1.05. The summed E-state index contributed by atoms with van der Waals surface area (Å²) < 4.78 is 40.8. The van der Waals surface area contributed by atoms with E-state index in [1.54, 1.807) is 11.6 Å². The Morgan fingerprint density at radius 1 is 1.43 bits per heavy atom. The molecule has 1 aromatic heterocycles. The standard InChI is InChI=1S/C13H12F3N3O3S/c1-18-10(6-20)5-17-12(18)23-7-8-2-3-9(19(21)22)4-11(8)13(14,15)16/h2-5,20H,6-7H2,1H3. The second-order valence-corrected chi connectivity index (χ2v) is 5.58. The maximum atomic E-state index is 13.1. The number of rotatable bonds is 5. The van der Waals surface area contributed by atoms with Crippen LogP contribution in [0, 0.1) is 10.1 Å². The summed E-state index contributed by atoms with van der Waals surface area (Å²) in [6.07, 6.45) is -3.25. The number of aliphatic hydroxyl groups is 1. The molecule has 6 nitrogen and oxygen atoms in total. The molecule has 0 aliphatic carbocycles. The van der Waals surface area contributed by atoms with Gasteiger partial charge in [0.2, 0.25) is 0 Å². The molecule has 1 N–H and O–H groups in total. The van der Waals surface area contributed by atoms with Gasteiger partial charge < -0.3 is 9.67 Å². The SMILES string of the molecule is Cn1c(CO)cnc1SCc1ccc([N+](=O)[O-])cc1C(F)(F)F. The minimum Gasteiger partial charge on any atom is -0.390 e. The lowest BCUT2D eigenvalue weighted by atomic mass is 10.1. The zero-order valence-corrected chi connectivity index (χ0v) is 12.7. The number of aliphatic hydroxyl groups excluding tert-OH is 1. The Morgan fingerprint density at radius 3 is 2.65 bits per heavy atom. The van der Waals surface area contributed by atoms with E-state index in [9.17, 15) is 23.3 Å². The van der Waals surface area contributed by atoms with E-state index in [4.69, 9.17) is 5.11 Å². The average Bonchev–Trinajstić information content (AvgIpc) is 2.84. The van der Waals surface area contributed by atoms with E-state index in [0.717, 1.165) is 23.9 Å². The fourth-order valence-electron chi connectivity index (χ4n) is 1.92. The van der Waals surface area contributed by atoms with Crippen molar-refractivity contribution in [1.82, 2.24) is 9.55 Å². The predicted molar refractivity (Wildman–Crippen MR) is 76.8 cm³/mol. The number of nitro benzene ring substituents is 1. The minimum absolute atomic E-state index is 0.0530. The molecule has 2 rings (SSSR count). The van der Waals surface area contributed by atoms with E-state index >= 15 is 0 Å². The van der Waals surface area contributed by atoms with Gasteiger partial charge in [0.1, 0.15) is 0 Å². The van der Waals surface area contributed by atoms with Crippen LogP contribution in [0.15, 0.2) is 29.6 Å². The lowest BCUT2D eigenvalue weighted by Crippen LogP contribution is -2.09. The lowest BCUT2D eigenvalue weighted by molar-refractivity contribution is -0.385. The average molecular weight is 347 g/mol. The van der Waals surface area contributed by atoms with E-state index in [0.29, 0.717) is 16.9 Å². The van der Waals surface area contributed by atoms with Crippen LogP contribution in [-0.4, -0.2) is 19.6 Å². The zero-order valence-electron chi connectivity index (χ0n) is 11.9. The number of nitrogens with zero attached hydrogens (tertiary/aromatic N) is 3. The van der Waals surface area contributed by atoms with Gasteiger partial charge >= 0.3 is 6.18 Å². The van der Waals surface area contributed by atoms with Gasteiger partial charge in [0.25, 0.3) is 5.69 Å². The Kier molecular flexibility index (Phi) is 4.95. The summed E-state index contributed by atoms with van der Waals surface area (Å²) in [6.45, 7) is -0.227. The van der Waals surface area contributed by atoms with Gasteiger partial charge in [0.15, 0.2) is 5.16 Å². The van der Waals surface area contributed by atoms with E-state index in [2.05, 4.69) is 4.98 Å². The minimum atomic E-state index is -4.68. The van der Waals surface area contributed by atoms with E-state index in [1.807, 2.05) is 0 Å². The molecule has 0 bridgehead atoms. The predicted octanol–water partition coefficient (Wildman–Crippen LogP) is 3.13. The van der Waals surface area contributed by atoms with Crippen molar-refractivity contribution in [1.29, 1.82) is 0 Å². The summed E-state index contributed by atoms with van der Waals surface area (Å²) in [5.74, 6) is -0.0530. The number of hydrogen-bond donors (Lipinski definition) is 1. The molecule has 0 unspecified atom stereocenters. The fraction of sp³-hybridized carbons (Fsp3) is 0.308. The number of hydrogen-bond acceptors (Lipinski definition) is 5. The lowest BCUT2D eigenvalue weighted by Gasteiger charge is -2.12. The van der Waals surface area contributed by atoms with Crippen molar-refractivity contribution in [2.24, 2.45) is 7.05 Å². The van der Waals surface area contributed by atoms with Gasteiger partial charge in [-0.25, -0.2) is 4.98 Å². The van der Waals surface area contributed by atoms with Crippen LogP contribution < -0.4 is 0 Å². The molecule has 0 radical (unpaired) electrons. The highest BCUT2D eigenvalue weighted by Crippen LogP contribution is 2.36. The van der Waals surface area contributed by atoms with Gasteiger partial charge in [0.05, 0.1) is 29.0 Å². The molecule has 0 aliphatic rings. The van der Waals surface area contributed by atoms with Crippen LogP contribution >= 0.6 is 11.8 Å². The maximum Gasteiger partial charge on any atom is 0.416 e. The molecule has 1 aromatic carbocycles. The Bertz CT molecular complexity index is 731. The quantitative estimate of drug-likeness (QED) is 0.510. The second-order valence-electron chi connectivity index (χ2n) is 4.63. The van der Waals surface area contributed by atoms with Crippen molar-refractivity contribution >= 4 is 17.4 Å². The van der Waals surface area contributed by atoms with Crippen LogP contribution in [0.25, 0.3) is 0 Å². The molecular formula is C13H12F3N3O3S. The van der Waals surface area contributed by atoms with E-state index in [1.165, 1.54) is 6.20 Å². The first-order valence-electron chi connectivity index (χ1n) is 6.32. The number of benzene rings is 1. The molecule has 23 heavy (non-hydrogen) atoms. The van der Waals surface area contributed by atoms with Crippen molar-refractivity contribution < 1.29 is 23.2 Å². The van der Waals surface area contributed by atoms with Crippen molar-refractivity contribution in [2.75, 3.05) is 0 Å². The molecule has 0 aliphatic heterocycles. The fourth-order valence-corrected chi connectivity index (χ4v) is 2.89. The normalized spacial score (nSPS) is 11.7. The first-order chi connectivity index (χ1) is 10.7. The molecule has 10 heteroatoms. The number of nitro groups is 1.